The fourth-order valence-corrected chi connectivity index (χ4v) is 4.67. The van der Waals surface area contributed by atoms with Crippen molar-refractivity contribution in [1.29, 1.82) is 0 Å². The zero-order valence-corrected chi connectivity index (χ0v) is 20.4. The smallest absolute Gasteiger partial charge is 0.332 e. The number of aryl methyl sites for hydroxylation is 1. The number of hydrogen-bond donors (Lipinski definition) is 2. The number of fused-ring (bicyclic) bond motifs is 1. The molecule has 3 aromatic rings. The Balaban J connectivity index is 1.42. The molecule has 2 unspecified atom stereocenters. The van der Waals surface area contributed by atoms with Crippen molar-refractivity contribution in [3.63, 3.8) is 0 Å². The summed E-state index contributed by atoms with van der Waals surface area (Å²) in [6.07, 6.45) is 4.14. The van der Waals surface area contributed by atoms with Gasteiger partial charge in [0.1, 0.15) is 6.23 Å². The molecule has 0 radical (unpaired) electrons. The molecule has 11 nitrogen and oxygen atoms in total. The van der Waals surface area contributed by atoms with E-state index in [0.717, 1.165) is 29.5 Å². The number of imidazole rings is 1. The van der Waals surface area contributed by atoms with Gasteiger partial charge in [-0.15, -0.1) is 0 Å². The van der Waals surface area contributed by atoms with Gasteiger partial charge in [-0.2, -0.15) is 0 Å². The third-order valence-corrected chi connectivity index (χ3v) is 6.90. The van der Waals surface area contributed by atoms with Gasteiger partial charge in [0.05, 0.1) is 19.0 Å². The Morgan fingerprint density at radius 2 is 2.00 bits per heavy atom. The minimum atomic E-state index is -0.813. The largest absolute Gasteiger partial charge is 0.459 e. The number of likely N-dealkylation sites (tertiary alicyclic amines) is 1. The van der Waals surface area contributed by atoms with Gasteiger partial charge < -0.3 is 14.4 Å². The van der Waals surface area contributed by atoms with Gasteiger partial charge in [0.2, 0.25) is 5.88 Å². The Morgan fingerprint density at radius 1 is 1.24 bits per heavy atom. The maximum atomic E-state index is 12.6. The maximum Gasteiger partial charge on any atom is 0.332 e. The first-order valence-corrected chi connectivity index (χ1v) is 11.5. The first-order valence-electron chi connectivity index (χ1n) is 11.5. The van der Waals surface area contributed by atoms with Crippen molar-refractivity contribution in [2.75, 3.05) is 20.1 Å². The molecule has 0 aromatic carbocycles. The zero-order valence-electron chi connectivity index (χ0n) is 20.4. The summed E-state index contributed by atoms with van der Waals surface area (Å²) in [7, 11) is 5.11. The minimum Gasteiger partial charge on any atom is -0.459 e. The van der Waals surface area contributed by atoms with Crippen LogP contribution < -0.4 is 21.3 Å². The Morgan fingerprint density at radius 3 is 2.71 bits per heavy atom. The van der Waals surface area contributed by atoms with Crippen molar-refractivity contribution < 1.29 is 9.84 Å². The van der Waals surface area contributed by atoms with Crippen molar-refractivity contribution in [2.24, 2.45) is 14.1 Å². The first-order chi connectivity index (χ1) is 16.1. The number of nitrogens with zero attached hydrogens (tertiary/aromatic N) is 6. The molecule has 1 aliphatic heterocycles. The van der Waals surface area contributed by atoms with Crippen molar-refractivity contribution in [2.45, 2.75) is 51.1 Å². The average Bonchev–Trinajstić information content (AvgIpc) is 3.38. The standard InChI is InChI=1S/C23H33N7O4/c1-15(34-20-17(8-6-10-24-20)23(2)9-7-11-27(23)3)25-12-16(31)13-30-14-26-19-18(30)21(32)29(5)22(33)28(19)4/h6,8,10,14-16,25,31H,7,9,11-13H2,1-5H3/t15?,16?,23-/m0/s1. The molecule has 3 atom stereocenters. The first kappa shape index (κ1) is 24.1. The van der Waals surface area contributed by atoms with Gasteiger partial charge in [0.15, 0.2) is 11.2 Å². The van der Waals surface area contributed by atoms with E-state index in [0.29, 0.717) is 5.88 Å². The molecule has 0 spiro atoms. The molecule has 0 aliphatic carbocycles. The summed E-state index contributed by atoms with van der Waals surface area (Å²) < 4.78 is 10.0. The summed E-state index contributed by atoms with van der Waals surface area (Å²) in [4.78, 5) is 35.7. The molecule has 11 heteroatoms. The van der Waals surface area contributed by atoms with E-state index in [1.807, 2.05) is 13.0 Å². The number of aliphatic hydroxyl groups is 1. The number of rotatable bonds is 8. The van der Waals surface area contributed by atoms with Crippen LogP contribution in [0.3, 0.4) is 0 Å². The quantitative estimate of drug-likeness (QED) is 0.446. The van der Waals surface area contributed by atoms with Crippen LogP contribution >= 0.6 is 0 Å². The lowest BCUT2D eigenvalue weighted by molar-refractivity contribution is 0.109. The highest BCUT2D eigenvalue weighted by Gasteiger charge is 2.38. The summed E-state index contributed by atoms with van der Waals surface area (Å²) in [6.45, 7) is 5.48. The molecule has 1 aliphatic rings. The van der Waals surface area contributed by atoms with Gasteiger partial charge in [-0.3, -0.25) is 24.1 Å². The number of hydrogen-bond acceptors (Lipinski definition) is 8. The van der Waals surface area contributed by atoms with Crippen molar-refractivity contribution in [3.05, 3.63) is 51.1 Å². The molecule has 2 N–H and O–H groups in total. The molecule has 3 aromatic heterocycles. The van der Waals surface area contributed by atoms with Crippen LogP contribution in [0, 0.1) is 0 Å². The number of aromatic nitrogens is 5. The van der Waals surface area contributed by atoms with Crippen LogP contribution in [-0.4, -0.2) is 66.1 Å². The second-order valence-corrected chi connectivity index (χ2v) is 9.25. The van der Waals surface area contributed by atoms with Crippen LogP contribution in [0.25, 0.3) is 11.2 Å². The lowest BCUT2D eigenvalue weighted by Crippen LogP contribution is -2.41. The topological polar surface area (TPSA) is 119 Å². The number of aliphatic hydroxyl groups excluding tert-OH is 1. The lowest BCUT2D eigenvalue weighted by Gasteiger charge is -2.34. The highest BCUT2D eigenvalue weighted by Crippen LogP contribution is 2.40. The molecular weight excluding hydrogens is 438 g/mol. The molecule has 0 amide bonds. The van der Waals surface area contributed by atoms with Crippen LogP contribution in [0.5, 0.6) is 5.88 Å². The predicted octanol–water partition coefficient (Wildman–Crippen LogP) is 0.145. The molecule has 34 heavy (non-hydrogen) atoms. The molecule has 4 heterocycles. The highest BCUT2D eigenvalue weighted by atomic mass is 16.5. The van der Waals surface area contributed by atoms with E-state index < -0.39 is 23.6 Å². The number of nitrogens with one attached hydrogen (secondary N) is 1. The highest BCUT2D eigenvalue weighted by molar-refractivity contribution is 5.69. The Kier molecular flexibility index (Phi) is 6.61. The normalized spacial score (nSPS) is 20.6. The van der Waals surface area contributed by atoms with E-state index in [4.69, 9.17) is 4.74 Å². The summed E-state index contributed by atoms with van der Waals surface area (Å²) in [5, 5.41) is 13.8. The molecular formula is C23H33N7O4. The van der Waals surface area contributed by atoms with Crippen LogP contribution in [-0.2, 0) is 26.2 Å². The van der Waals surface area contributed by atoms with Crippen molar-refractivity contribution in [1.82, 2.24) is 33.9 Å². The summed E-state index contributed by atoms with van der Waals surface area (Å²) in [5.41, 5.74) is 0.606. The van der Waals surface area contributed by atoms with E-state index in [9.17, 15) is 14.7 Å². The van der Waals surface area contributed by atoms with E-state index in [2.05, 4.69) is 40.2 Å². The summed E-state index contributed by atoms with van der Waals surface area (Å²) >= 11 is 0. The fraction of sp³-hybridized carbons (Fsp3) is 0.565. The van der Waals surface area contributed by atoms with E-state index in [1.54, 1.807) is 17.8 Å². The third kappa shape index (κ3) is 4.26. The second-order valence-electron chi connectivity index (χ2n) is 9.25. The van der Waals surface area contributed by atoms with Gasteiger partial charge in [0, 0.05) is 37.9 Å². The minimum absolute atomic E-state index is 0.127. The molecule has 0 bridgehead atoms. The maximum absolute atomic E-state index is 12.6. The van der Waals surface area contributed by atoms with Gasteiger partial charge in [-0.1, -0.05) is 6.07 Å². The van der Waals surface area contributed by atoms with E-state index in [-0.39, 0.29) is 29.8 Å². The number of pyridine rings is 1. The number of ether oxygens (including phenoxy) is 1. The molecule has 1 saturated heterocycles. The third-order valence-electron chi connectivity index (χ3n) is 6.90. The summed E-state index contributed by atoms with van der Waals surface area (Å²) in [6, 6.07) is 3.99. The fourth-order valence-electron chi connectivity index (χ4n) is 4.67. The predicted molar refractivity (Wildman–Crippen MR) is 128 cm³/mol. The monoisotopic (exact) mass is 471 g/mol. The van der Waals surface area contributed by atoms with Gasteiger partial charge in [0.25, 0.3) is 5.56 Å². The van der Waals surface area contributed by atoms with Gasteiger partial charge >= 0.3 is 5.69 Å². The average molecular weight is 472 g/mol. The van der Waals surface area contributed by atoms with E-state index >= 15 is 0 Å². The second kappa shape index (κ2) is 9.32. The van der Waals surface area contributed by atoms with Gasteiger partial charge in [-0.25, -0.2) is 14.8 Å². The molecule has 0 saturated carbocycles. The zero-order chi connectivity index (χ0) is 24.6. The Bertz CT molecular complexity index is 1300. The van der Waals surface area contributed by atoms with Crippen LogP contribution in [0.4, 0.5) is 0 Å². The Hall–Kier alpha value is -3.02. The van der Waals surface area contributed by atoms with Crippen LogP contribution in [0.1, 0.15) is 32.3 Å². The SMILES string of the molecule is CC(NCC(O)Cn1cnc2c1c(=O)n(C)c(=O)n2C)Oc1ncccc1[C@]1(C)CCCN1C. The lowest BCUT2D eigenvalue weighted by atomic mass is 9.90. The molecule has 1 fully saturated rings. The Labute approximate surface area is 197 Å². The van der Waals surface area contributed by atoms with Crippen molar-refractivity contribution >= 4 is 11.2 Å². The van der Waals surface area contributed by atoms with Crippen LogP contribution in [0.2, 0.25) is 0 Å². The van der Waals surface area contributed by atoms with E-state index in [1.165, 1.54) is 17.9 Å². The van der Waals surface area contributed by atoms with Crippen LogP contribution in [0.15, 0.2) is 34.2 Å². The summed E-state index contributed by atoms with van der Waals surface area (Å²) in [5.74, 6) is 0.582. The van der Waals surface area contributed by atoms with Crippen molar-refractivity contribution in [3.8, 4) is 5.88 Å². The molecule has 184 valence electrons. The molecule has 4 rings (SSSR count). The van der Waals surface area contributed by atoms with Gasteiger partial charge in [-0.05, 0) is 46.3 Å².